The summed E-state index contributed by atoms with van der Waals surface area (Å²) in [6.07, 6.45) is 5.71. The number of aryl methyl sites for hydroxylation is 2. The van der Waals surface area contributed by atoms with Gasteiger partial charge in [-0.15, -0.1) is 12.5 Å². The van der Waals surface area contributed by atoms with Crippen LogP contribution in [0.3, 0.4) is 0 Å². The van der Waals surface area contributed by atoms with Crippen LogP contribution in [0, 0.1) is 25.7 Å². The second-order valence-corrected chi connectivity index (χ2v) is 4.24. The molecule has 4 nitrogen and oxygen atoms in total. The van der Waals surface area contributed by atoms with Crippen molar-refractivity contribution in [2.24, 2.45) is 0 Å². The first-order valence-electron chi connectivity index (χ1n) is 5.92. The van der Waals surface area contributed by atoms with Crippen LogP contribution in [0.4, 0.5) is 0 Å². The number of hydrogen-bond donors (Lipinski definition) is 0. The van der Waals surface area contributed by atoms with Gasteiger partial charge in [0.2, 0.25) is 0 Å². The van der Waals surface area contributed by atoms with Gasteiger partial charge in [-0.05, 0) is 5.76 Å². The minimum absolute atomic E-state index is 0. The van der Waals surface area contributed by atoms with Crippen LogP contribution >= 0.6 is 8.19 Å². The van der Waals surface area contributed by atoms with Crippen LogP contribution in [0.25, 0.3) is 0 Å². The van der Waals surface area contributed by atoms with Gasteiger partial charge in [0.05, 0.1) is 14.2 Å². The summed E-state index contributed by atoms with van der Waals surface area (Å²) in [5.74, 6) is 6.95. The average molecular weight is 346 g/mol. The van der Waals surface area contributed by atoms with Crippen LogP contribution in [0.15, 0.2) is 23.4 Å². The molecule has 1 aliphatic carbocycles. The first-order chi connectivity index (χ1) is 9.69. The molecule has 0 aliphatic heterocycles. The van der Waals surface area contributed by atoms with Crippen molar-refractivity contribution < 1.29 is 41.4 Å². The average Bonchev–Trinajstić information content (AvgIpc) is 3.13. The molecule has 0 fully saturated rings. The molecule has 1 aromatic heterocycles. The van der Waals surface area contributed by atoms with E-state index in [9.17, 15) is 0 Å². The first kappa shape index (κ1) is 25.4. The molecule has 2 rings (SSSR count). The Balaban J connectivity index is -0.000000244. The van der Waals surface area contributed by atoms with E-state index in [2.05, 4.69) is 31.5 Å². The Kier molecular flexibility index (Phi) is 21.3. The molecule has 0 aromatic carbocycles. The molecule has 1 unspecified atom stereocenters. The zero-order chi connectivity index (χ0) is 16.0. The van der Waals surface area contributed by atoms with Crippen molar-refractivity contribution in [3.8, 4) is 0 Å². The molecule has 1 aliphatic rings. The van der Waals surface area contributed by atoms with Crippen LogP contribution in [0.2, 0.25) is 0 Å². The van der Waals surface area contributed by atoms with Crippen LogP contribution in [0.1, 0.15) is 17.5 Å². The molecule has 0 amide bonds. The van der Waals surface area contributed by atoms with Gasteiger partial charge in [-0.3, -0.25) is 8.19 Å². The third-order valence-electron chi connectivity index (χ3n) is 2.34. The van der Waals surface area contributed by atoms with Crippen LogP contribution < -0.4 is 10.2 Å². The first-order valence-corrected chi connectivity index (χ1v) is 7.00. The van der Waals surface area contributed by atoms with Crippen molar-refractivity contribution >= 4 is 8.19 Å². The van der Waals surface area contributed by atoms with Gasteiger partial charge in [-0.1, -0.05) is 13.8 Å². The third-order valence-corrected chi connectivity index (χ3v) is 3.43. The predicted molar refractivity (Wildman–Crippen MR) is 79.6 cm³/mol. The largest absolute Gasteiger partial charge is 4.00 e. The Labute approximate surface area is 144 Å². The summed E-state index contributed by atoms with van der Waals surface area (Å²) in [6, 6.07) is 0. The molecule has 0 saturated heterocycles. The maximum Gasteiger partial charge on any atom is 4.00 e. The van der Waals surface area contributed by atoms with Gasteiger partial charge >= 0.3 is 21.7 Å². The van der Waals surface area contributed by atoms with E-state index in [0.717, 1.165) is 40.4 Å². The molecular weight excluding hydrogens is 323 g/mol. The van der Waals surface area contributed by atoms with E-state index >= 15 is 0 Å². The van der Waals surface area contributed by atoms with Gasteiger partial charge in [-0.25, -0.2) is 6.08 Å². The zero-order valence-corrected chi connectivity index (χ0v) is 16.1. The summed E-state index contributed by atoms with van der Waals surface area (Å²) in [5, 5.41) is 16.5. The molecule has 0 radical (unpaired) electrons. The Bertz CT molecular complexity index is 366. The fraction of sp³-hybridized carbons (Fsp3) is 0.467. The summed E-state index contributed by atoms with van der Waals surface area (Å²) in [4.78, 5) is 0. The van der Waals surface area contributed by atoms with Crippen molar-refractivity contribution in [1.29, 1.82) is 0 Å². The van der Waals surface area contributed by atoms with E-state index < -0.39 is 0 Å². The molecule has 6 heteroatoms. The number of rotatable bonds is 2. The van der Waals surface area contributed by atoms with Gasteiger partial charge in [0, 0.05) is 5.76 Å². The number of ether oxygens (including phenoxy) is 2. The molecule has 21 heavy (non-hydrogen) atoms. The van der Waals surface area contributed by atoms with Gasteiger partial charge in [-0.2, -0.15) is 36.9 Å². The molecule has 0 bridgehead atoms. The molecule has 0 spiro atoms. The molecule has 0 N–H and O–H groups in total. The fourth-order valence-corrected chi connectivity index (χ4v) is 2.14. The summed E-state index contributed by atoms with van der Waals surface area (Å²) in [5.41, 5.74) is 2.73. The Morgan fingerprint density at radius 2 is 1.67 bits per heavy atom. The van der Waals surface area contributed by atoms with Crippen LogP contribution in [-0.4, -0.2) is 28.4 Å². The Hall–Kier alpha value is -0.506. The molecule has 116 valence electrons. The smallest absolute Gasteiger partial charge is 0.857 e. The molecule has 0 saturated carbocycles. The topological polar surface area (TPSA) is 64.6 Å². The second kappa shape index (κ2) is 17.5. The fourth-order valence-electron chi connectivity index (χ4n) is 1.22. The summed E-state index contributed by atoms with van der Waals surface area (Å²) < 4.78 is 9.88. The zero-order valence-electron chi connectivity index (χ0n) is 13.5. The van der Waals surface area contributed by atoms with Crippen LogP contribution in [-0.2, 0) is 31.2 Å². The SMILES string of the molecule is COC1=[C-]CC=C1OC.C[O-].C[O-].Cc1[c-][pH]cc1C.[Ti+4]. The van der Waals surface area contributed by atoms with Crippen LogP contribution in [0.5, 0.6) is 0 Å². The van der Waals surface area contributed by atoms with Gasteiger partial charge in [0.25, 0.3) is 0 Å². The van der Waals surface area contributed by atoms with Crippen molar-refractivity contribution in [3.63, 3.8) is 0 Å². The van der Waals surface area contributed by atoms with E-state index in [1.54, 1.807) is 14.2 Å². The second-order valence-electron chi connectivity index (χ2n) is 3.41. The van der Waals surface area contributed by atoms with Crippen molar-refractivity contribution in [2.75, 3.05) is 28.4 Å². The van der Waals surface area contributed by atoms with E-state index in [1.807, 2.05) is 6.08 Å². The molecule has 1 heterocycles. The number of methoxy groups -OCH3 is 2. The van der Waals surface area contributed by atoms with E-state index in [4.69, 9.17) is 19.7 Å². The Morgan fingerprint density at radius 3 is 1.90 bits per heavy atom. The van der Waals surface area contributed by atoms with E-state index in [1.165, 1.54) is 11.1 Å². The number of allylic oxidation sites excluding steroid dienone is 2. The van der Waals surface area contributed by atoms with Gasteiger partial charge < -0.3 is 19.7 Å². The summed E-state index contributed by atoms with van der Waals surface area (Å²) in [6.45, 7) is 4.23. The molecule has 1 atom stereocenters. The standard InChI is InChI=1S/C7H9O2.C6H8P.2CH3O.Ti/c1-8-6-4-3-5-7(6)9-2;1-5-3-7-4-6(5)2;2*1-2;/h4H,3H2,1-2H3;3,7H,1-2H3;2*1H3;/q4*-1;+4. The van der Waals surface area contributed by atoms with E-state index in [-0.39, 0.29) is 21.7 Å². The normalized spacial score (nSPS) is 11.2. The molecular formula is C15H23O4PTi. The van der Waals surface area contributed by atoms with Gasteiger partial charge in [0.1, 0.15) is 0 Å². The van der Waals surface area contributed by atoms with Crippen molar-refractivity contribution in [3.05, 3.63) is 46.4 Å². The monoisotopic (exact) mass is 346 g/mol. The quantitative estimate of drug-likeness (QED) is 0.599. The minimum Gasteiger partial charge on any atom is -0.857 e. The van der Waals surface area contributed by atoms with E-state index in [0.29, 0.717) is 0 Å². The molecule has 1 aromatic rings. The van der Waals surface area contributed by atoms with Gasteiger partial charge in [0.15, 0.2) is 0 Å². The van der Waals surface area contributed by atoms with Crippen molar-refractivity contribution in [2.45, 2.75) is 20.3 Å². The maximum absolute atomic E-state index is 8.25. The summed E-state index contributed by atoms with van der Waals surface area (Å²) >= 11 is 0. The third kappa shape index (κ3) is 10.8. The maximum atomic E-state index is 8.25. The predicted octanol–water partition coefficient (Wildman–Crippen LogP) is 1.34. The Morgan fingerprint density at radius 1 is 1.10 bits per heavy atom. The van der Waals surface area contributed by atoms with Crippen molar-refractivity contribution in [1.82, 2.24) is 0 Å². The number of hydrogen-bond acceptors (Lipinski definition) is 4. The summed E-state index contributed by atoms with van der Waals surface area (Å²) in [7, 11) is 5.55. The minimum atomic E-state index is 0.